The van der Waals surface area contributed by atoms with Gasteiger partial charge < -0.3 is 19.1 Å². The average molecular weight is 353 g/mol. The van der Waals surface area contributed by atoms with Crippen molar-refractivity contribution in [1.82, 2.24) is 4.57 Å². The van der Waals surface area contributed by atoms with Gasteiger partial charge in [-0.2, -0.15) is 0 Å². The van der Waals surface area contributed by atoms with Crippen molar-refractivity contribution in [3.05, 3.63) is 64.4 Å². The number of ether oxygens (including phenoxy) is 2. The number of phenolic OH excluding ortho intramolecular Hbond substituents is 1. The Morgan fingerprint density at radius 2 is 1.81 bits per heavy atom. The molecule has 1 N–H and O–H groups in total. The van der Waals surface area contributed by atoms with Gasteiger partial charge in [-0.25, -0.2) is 0 Å². The molecule has 0 radical (unpaired) electrons. The fourth-order valence-electron chi connectivity index (χ4n) is 2.79. The summed E-state index contributed by atoms with van der Waals surface area (Å²) in [6.45, 7) is 2.86. The van der Waals surface area contributed by atoms with Crippen molar-refractivity contribution in [2.24, 2.45) is 7.05 Å². The third-order valence-electron chi connectivity index (χ3n) is 4.26. The Balaban J connectivity index is 2.06. The molecule has 0 atom stereocenters. The SMILES string of the molecule is CCCCOc1c(OCc2ccccc2)c(=O)n(C)c2cc(O)ccc12. The quantitative estimate of drug-likeness (QED) is 0.652. The number of hydrogen-bond donors (Lipinski definition) is 1. The Morgan fingerprint density at radius 3 is 2.54 bits per heavy atom. The van der Waals surface area contributed by atoms with Gasteiger partial charge in [-0.3, -0.25) is 4.79 Å². The minimum Gasteiger partial charge on any atom is -0.508 e. The molecule has 1 aromatic heterocycles. The van der Waals surface area contributed by atoms with Crippen molar-refractivity contribution in [3.63, 3.8) is 0 Å². The number of aryl methyl sites for hydroxylation is 1. The highest BCUT2D eigenvalue weighted by atomic mass is 16.5. The summed E-state index contributed by atoms with van der Waals surface area (Å²) >= 11 is 0. The summed E-state index contributed by atoms with van der Waals surface area (Å²) in [4.78, 5) is 12.8. The van der Waals surface area contributed by atoms with Crippen LogP contribution in [-0.4, -0.2) is 16.3 Å². The number of hydrogen-bond acceptors (Lipinski definition) is 4. The van der Waals surface area contributed by atoms with Gasteiger partial charge in [-0.1, -0.05) is 43.7 Å². The van der Waals surface area contributed by atoms with E-state index in [4.69, 9.17) is 9.47 Å². The zero-order valence-corrected chi connectivity index (χ0v) is 15.1. The van der Waals surface area contributed by atoms with E-state index in [1.54, 1.807) is 25.2 Å². The van der Waals surface area contributed by atoms with Crippen molar-refractivity contribution in [3.8, 4) is 17.2 Å². The monoisotopic (exact) mass is 353 g/mol. The van der Waals surface area contributed by atoms with Crippen LogP contribution < -0.4 is 15.0 Å². The smallest absolute Gasteiger partial charge is 0.297 e. The van der Waals surface area contributed by atoms with Gasteiger partial charge in [0.15, 0.2) is 5.75 Å². The van der Waals surface area contributed by atoms with Crippen LogP contribution in [0.25, 0.3) is 10.9 Å². The summed E-state index contributed by atoms with van der Waals surface area (Å²) in [6, 6.07) is 14.6. The first-order chi connectivity index (χ1) is 12.6. The van der Waals surface area contributed by atoms with Crippen LogP contribution in [0.3, 0.4) is 0 Å². The number of nitrogens with zero attached hydrogens (tertiary/aromatic N) is 1. The van der Waals surface area contributed by atoms with Crippen LogP contribution in [0.15, 0.2) is 53.3 Å². The van der Waals surface area contributed by atoms with Gasteiger partial charge in [0.1, 0.15) is 12.4 Å². The predicted molar refractivity (Wildman–Crippen MR) is 102 cm³/mol. The number of aromatic nitrogens is 1. The highest BCUT2D eigenvalue weighted by molar-refractivity contribution is 5.88. The van der Waals surface area contributed by atoms with Gasteiger partial charge >= 0.3 is 0 Å². The normalized spacial score (nSPS) is 10.8. The van der Waals surface area contributed by atoms with E-state index in [1.165, 1.54) is 4.57 Å². The number of fused-ring (bicyclic) bond motifs is 1. The van der Waals surface area contributed by atoms with Crippen LogP contribution in [0.4, 0.5) is 0 Å². The summed E-state index contributed by atoms with van der Waals surface area (Å²) in [6.07, 6.45) is 1.87. The van der Waals surface area contributed by atoms with Crippen LogP contribution in [0.2, 0.25) is 0 Å². The van der Waals surface area contributed by atoms with Crippen LogP contribution in [0, 0.1) is 0 Å². The number of rotatable bonds is 7. The third kappa shape index (κ3) is 3.67. The zero-order chi connectivity index (χ0) is 18.5. The topological polar surface area (TPSA) is 60.7 Å². The number of aromatic hydroxyl groups is 1. The molecule has 0 aliphatic heterocycles. The molecular formula is C21H23NO4. The zero-order valence-electron chi connectivity index (χ0n) is 15.1. The van der Waals surface area contributed by atoms with Gasteiger partial charge in [0.25, 0.3) is 5.56 Å². The van der Waals surface area contributed by atoms with E-state index in [2.05, 4.69) is 6.92 Å². The molecule has 0 bridgehead atoms. The Labute approximate surface area is 152 Å². The standard InChI is InChI=1S/C21H23NO4/c1-3-4-12-25-19-17-11-10-16(23)13-18(17)22(2)21(24)20(19)26-14-15-8-6-5-7-9-15/h5-11,13,23H,3-4,12,14H2,1-2H3. The number of unbranched alkanes of at least 4 members (excludes halogenated alkanes) is 1. The number of benzene rings is 2. The lowest BCUT2D eigenvalue weighted by molar-refractivity contribution is 0.257. The molecule has 5 nitrogen and oxygen atoms in total. The van der Waals surface area contributed by atoms with E-state index in [0.717, 1.165) is 23.8 Å². The van der Waals surface area contributed by atoms with E-state index in [-0.39, 0.29) is 23.7 Å². The molecule has 5 heteroatoms. The molecule has 0 amide bonds. The lowest BCUT2D eigenvalue weighted by Gasteiger charge is -2.17. The molecule has 3 aromatic rings. The van der Waals surface area contributed by atoms with Crippen LogP contribution in [0.1, 0.15) is 25.3 Å². The van der Waals surface area contributed by atoms with Gasteiger partial charge in [-0.15, -0.1) is 0 Å². The highest BCUT2D eigenvalue weighted by Crippen LogP contribution is 2.34. The molecule has 3 rings (SSSR count). The van der Waals surface area contributed by atoms with Crippen molar-refractivity contribution < 1.29 is 14.6 Å². The predicted octanol–water partition coefficient (Wildman–Crippen LogP) is 4.00. The maximum absolute atomic E-state index is 12.8. The Kier molecular flexibility index (Phi) is 5.46. The van der Waals surface area contributed by atoms with E-state index in [1.807, 2.05) is 30.3 Å². The second kappa shape index (κ2) is 7.95. The van der Waals surface area contributed by atoms with Crippen molar-refractivity contribution in [1.29, 1.82) is 0 Å². The van der Waals surface area contributed by atoms with Crippen molar-refractivity contribution in [2.75, 3.05) is 6.61 Å². The molecule has 0 aliphatic carbocycles. The molecule has 0 saturated heterocycles. The van der Waals surface area contributed by atoms with Crippen LogP contribution in [-0.2, 0) is 13.7 Å². The molecule has 1 heterocycles. The first-order valence-corrected chi connectivity index (χ1v) is 8.77. The first kappa shape index (κ1) is 17.9. The first-order valence-electron chi connectivity index (χ1n) is 8.77. The summed E-state index contributed by atoms with van der Waals surface area (Å²) in [5.74, 6) is 0.739. The number of pyridine rings is 1. The molecule has 0 aliphatic rings. The molecule has 0 fully saturated rings. The van der Waals surface area contributed by atoms with E-state index >= 15 is 0 Å². The van der Waals surface area contributed by atoms with E-state index in [0.29, 0.717) is 17.9 Å². The summed E-state index contributed by atoms with van der Waals surface area (Å²) in [5, 5.41) is 10.5. The summed E-state index contributed by atoms with van der Waals surface area (Å²) in [5.41, 5.74) is 1.29. The average Bonchev–Trinajstić information content (AvgIpc) is 2.66. The van der Waals surface area contributed by atoms with Crippen molar-refractivity contribution >= 4 is 10.9 Å². The lowest BCUT2D eigenvalue weighted by atomic mass is 10.1. The molecule has 0 spiro atoms. The molecule has 136 valence electrons. The van der Waals surface area contributed by atoms with Gasteiger partial charge in [-0.05, 0) is 24.1 Å². The lowest BCUT2D eigenvalue weighted by Crippen LogP contribution is -2.21. The maximum atomic E-state index is 12.8. The van der Waals surface area contributed by atoms with Crippen LogP contribution in [0.5, 0.6) is 17.2 Å². The Hall–Kier alpha value is -2.95. The fourth-order valence-corrected chi connectivity index (χ4v) is 2.79. The van der Waals surface area contributed by atoms with Gasteiger partial charge in [0, 0.05) is 18.5 Å². The maximum Gasteiger partial charge on any atom is 0.297 e. The third-order valence-corrected chi connectivity index (χ3v) is 4.26. The second-order valence-electron chi connectivity index (χ2n) is 6.20. The van der Waals surface area contributed by atoms with Gasteiger partial charge in [0.05, 0.1) is 12.1 Å². The highest BCUT2D eigenvalue weighted by Gasteiger charge is 2.18. The van der Waals surface area contributed by atoms with E-state index in [9.17, 15) is 9.90 Å². The summed E-state index contributed by atoms with van der Waals surface area (Å²) < 4.78 is 13.3. The molecule has 2 aromatic carbocycles. The minimum atomic E-state index is -0.287. The molecule has 26 heavy (non-hydrogen) atoms. The Morgan fingerprint density at radius 1 is 1.04 bits per heavy atom. The van der Waals surface area contributed by atoms with E-state index < -0.39 is 0 Å². The second-order valence-corrected chi connectivity index (χ2v) is 6.20. The minimum absolute atomic E-state index is 0.102. The fraction of sp³-hybridized carbons (Fsp3) is 0.286. The van der Waals surface area contributed by atoms with Crippen molar-refractivity contribution in [2.45, 2.75) is 26.4 Å². The Bertz CT molecular complexity index is 948. The largest absolute Gasteiger partial charge is 0.508 e. The molecular weight excluding hydrogens is 330 g/mol. The summed E-state index contributed by atoms with van der Waals surface area (Å²) in [7, 11) is 1.66. The molecule has 0 saturated carbocycles. The molecule has 0 unspecified atom stereocenters. The van der Waals surface area contributed by atoms with Crippen LogP contribution >= 0.6 is 0 Å². The number of phenols is 1. The van der Waals surface area contributed by atoms with Gasteiger partial charge in [0.2, 0.25) is 5.75 Å².